The van der Waals surface area contributed by atoms with Crippen LogP contribution in [0.4, 0.5) is 0 Å². The van der Waals surface area contributed by atoms with Gasteiger partial charge < -0.3 is 4.74 Å². The lowest BCUT2D eigenvalue weighted by Gasteiger charge is -2.32. The molecule has 0 aliphatic carbocycles. The van der Waals surface area contributed by atoms with E-state index in [1.807, 2.05) is 0 Å². The van der Waals surface area contributed by atoms with Gasteiger partial charge in [-0.05, 0) is 203 Å². The van der Waals surface area contributed by atoms with E-state index in [-0.39, 0.29) is 0 Å². The quantitative estimate of drug-likeness (QED) is 0.0389. The smallest absolute Gasteiger partial charge is 0.119 e. The molecule has 1 aliphatic heterocycles. The molecule has 0 radical (unpaired) electrons. The highest BCUT2D eigenvalue weighted by Crippen LogP contribution is 2.45. The van der Waals surface area contributed by atoms with Crippen molar-refractivity contribution in [2.24, 2.45) is 0 Å². The molecule has 0 saturated carbocycles. The third-order valence-corrected chi connectivity index (χ3v) is 22.7. The number of fused-ring (bicyclic) bond motifs is 3. The summed E-state index contributed by atoms with van der Waals surface area (Å²) in [5, 5.41) is 3.44. The fourth-order valence-electron chi connectivity index (χ4n) is 12.8. The van der Waals surface area contributed by atoms with Crippen molar-refractivity contribution in [3.8, 4) is 61.4 Å². The number of hydrogen-bond donors (Lipinski definition) is 0. The Balaban J connectivity index is 1.30. The summed E-state index contributed by atoms with van der Waals surface area (Å²) < 4.78 is 6.23. The molecule has 1 heterocycles. The molecule has 0 amide bonds. The summed E-state index contributed by atoms with van der Waals surface area (Å²) in [6, 6.07) is 36.4. The van der Waals surface area contributed by atoms with Crippen LogP contribution in [0.25, 0.3) is 55.6 Å². The van der Waals surface area contributed by atoms with E-state index >= 15 is 0 Å². The molecule has 0 spiro atoms. The Labute approximate surface area is 434 Å². The van der Waals surface area contributed by atoms with Crippen LogP contribution in [-0.4, -0.2) is 14.7 Å². The van der Waals surface area contributed by atoms with Gasteiger partial charge in [-0.1, -0.05) is 208 Å². The van der Waals surface area contributed by atoms with Gasteiger partial charge in [-0.15, -0.1) is 0 Å². The topological polar surface area (TPSA) is 9.23 Å². The van der Waals surface area contributed by atoms with E-state index in [2.05, 4.69) is 168 Å². The van der Waals surface area contributed by atoms with Crippen molar-refractivity contribution in [2.45, 2.75) is 211 Å². The van der Waals surface area contributed by atoms with Gasteiger partial charge in [0, 0.05) is 0 Å². The summed E-state index contributed by atoms with van der Waals surface area (Å²) in [6.45, 7) is 29.0. The third kappa shape index (κ3) is 11.9. The van der Waals surface area contributed by atoms with E-state index < -0.39 is 8.07 Å². The van der Waals surface area contributed by atoms with E-state index in [1.165, 1.54) is 227 Å². The normalized spacial score (nSPS) is 12.7. The Bertz CT molecular complexity index is 2640. The lowest BCUT2D eigenvalue weighted by Crippen LogP contribution is -2.55. The van der Waals surface area contributed by atoms with Crippen LogP contribution in [0.3, 0.4) is 0 Å². The predicted octanol–water partition coefficient (Wildman–Crippen LogP) is 20.1. The molecule has 0 aromatic heterocycles. The fourth-order valence-corrected chi connectivity index (χ4v) is 18.4. The molecule has 0 unspecified atom stereocenters. The van der Waals surface area contributed by atoms with Crippen LogP contribution in [0, 0.1) is 62.3 Å². The lowest BCUT2D eigenvalue weighted by atomic mass is 9.83. The monoisotopic (exact) mass is 965 g/mol. The fraction of sp³-hybridized carbons (Fsp3) is 0.478. The maximum atomic E-state index is 6.23. The maximum Gasteiger partial charge on any atom is 0.119 e. The van der Waals surface area contributed by atoms with Crippen molar-refractivity contribution in [1.29, 1.82) is 0 Å². The molecule has 378 valence electrons. The van der Waals surface area contributed by atoms with Crippen LogP contribution in [0.15, 0.2) is 84.9 Å². The Morgan fingerprint density at radius 1 is 0.324 bits per heavy atom. The zero-order chi connectivity index (χ0) is 50.7. The summed E-state index contributed by atoms with van der Waals surface area (Å²) in [5.74, 6) is 0.982. The zero-order valence-corrected chi connectivity index (χ0v) is 47.8. The summed E-state index contributed by atoms with van der Waals surface area (Å²) in [5.41, 5.74) is 26.8. The molecule has 0 N–H and O–H groups in total. The molecule has 71 heavy (non-hydrogen) atoms. The molecule has 0 bridgehead atoms. The molecule has 7 rings (SSSR count). The van der Waals surface area contributed by atoms with Gasteiger partial charge in [0.15, 0.2) is 0 Å². The third-order valence-electron chi connectivity index (χ3n) is 17.4. The minimum Gasteiger partial charge on any atom is -0.494 e. The molecule has 0 atom stereocenters. The first-order chi connectivity index (χ1) is 34.4. The number of aryl methyl sites for hydroxylation is 1. The average molecular weight is 966 g/mol. The second kappa shape index (κ2) is 25.3. The molecule has 6 aromatic rings. The molecule has 0 saturated heterocycles. The number of ether oxygens (including phenoxy) is 1. The van der Waals surface area contributed by atoms with Crippen molar-refractivity contribution in [1.82, 2.24) is 0 Å². The minimum absolute atomic E-state index is 0.799. The Hall–Kier alpha value is -4.66. The van der Waals surface area contributed by atoms with Crippen molar-refractivity contribution in [3.63, 3.8) is 0 Å². The Kier molecular flexibility index (Phi) is 19.3. The van der Waals surface area contributed by atoms with E-state index in [9.17, 15) is 0 Å². The Morgan fingerprint density at radius 2 is 0.634 bits per heavy atom. The second-order valence-corrected chi connectivity index (χ2v) is 26.4. The van der Waals surface area contributed by atoms with E-state index in [4.69, 9.17) is 4.74 Å². The summed E-state index contributed by atoms with van der Waals surface area (Å²) >= 11 is 0. The van der Waals surface area contributed by atoms with E-state index in [1.54, 1.807) is 10.4 Å². The molecule has 0 fully saturated rings. The first kappa shape index (κ1) is 54.1. The van der Waals surface area contributed by atoms with Gasteiger partial charge in [0.2, 0.25) is 0 Å². The van der Waals surface area contributed by atoms with Crippen molar-refractivity contribution < 1.29 is 4.74 Å². The minimum atomic E-state index is -2.23. The van der Waals surface area contributed by atoms with Crippen molar-refractivity contribution in [2.75, 3.05) is 6.61 Å². The van der Waals surface area contributed by atoms with Gasteiger partial charge in [-0.2, -0.15) is 0 Å². The van der Waals surface area contributed by atoms with Gasteiger partial charge in [0.25, 0.3) is 0 Å². The van der Waals surface area contributed by atoms with Crippen molar-refractivity contribution in [3.05, 3.63) is 135 Å². The summed E-state index contributed by atoms with van der Waals surface area (Å²) in [7, 11) is -2.23. The van der Waals surface area contributed by atoms with Crippen molar-refractivity contribution >= 4 is 18.4 Å². The molecule has 2 heteroatoms. The zero-order valence-electron chi connectivity index (χ0n) is 46.8. The molecular weight excluding hydrogens is 873 g/mol. The standard InChI is InChI=1S/C69H92OSi/c1-13-16-19-22-25-28-43-70-61-39-35-58(36-40-61)67-51(7)55(11)69(56(12)52(67)8)60-38-42-63-62-41-37-59(68-53(9)49(5)66(50(6)54(68)10)57-33-31-48(4)32-34-57)46-64(62)71(65(63)47-60,44-29-26-23-20-17-14-2)45-30-27-24-21-18-15-3/h31-42,46-47H,13-30,43-45H2,1-12H3. The summed E-state index contributed by atoms with van der Waals surface area (Å²) in [6.07, 6.45) is 23.8. The predicted molar refractivity (Wildman–Crippen MR) is 317 cm³/mol. The number of benzene rings is 6. The van der Waals surface area contributed by atoms with Crippen LogP contribution >= 0.6 is 0 Å². The molecule has 1 aliphatic rings. The van der Waals surface area contributed by atoms with Gasteiger partial charge in [0.1, 0.15) is 13.8 Å². The number of unbranched alkanes of at least 4 members (excludes halogenated alkanes) is 15. The van der Waals surface area contributed by atoms with Crippen LogP contribution in [0.5, 0.6) is 5.75 Å². The van der Waals surface area contributed by atoms with Crippen LogP contribution in [0.2, 0.25) is 12.1 Å². The molecule has 6 aromatic carbocycles. The highest BCUT2D eigenvalue weighted by molar-refractivity contribution is 7.05. The van der Waals surface area contributed by atoms with Crippen LogP contribution in [0.1, 0.15) is 186 Å². The number of hydrogen-bond acceptors (Lipinski definition) is 1. The first-order valence-electron chi connectivity index (χ1n) is 28.7. The molecule has 1 nitrogen and oxygen atoms in total. The number of rotatable bonds is 26. The van der Waals surface area contributed by atoms with E-state index in [0.29, 0.717) is 0 Å². The van der Waals surface area contributed by atoms with Crippen LogP contribution < -0.4 is 15.1 Å². The van der Waals surface area contributed by atoms with Gasteiger partial charge in [-0.25, -0.2) is 0 Å². The average Bonchev–Trinajstić information content (AvgIpc) is 3.63. The second-order valence-electron chi connectivity index (χ2n) is 22.1. The van der Waals surface area contributed by atoms with Crippen LogP contribution in [-0.2, 0) is 0 Å². The van der Waals surface area contributed by atoms with Gasteiger partial charge in [0.05, 0.1) is 6.61 Å². The maximum absolute atomic E-state index is 6.23. The Morgan fingerprint density at radius 3 is 1.01 bits per heavy atom. The van der Waals surface area contributed by atoms with E-state index in [0.717, 1.165) is 18.8 Å². The largest absolute Gasteiger partial charge is 0.494 e. The summed E-state index contributed by atoms with van der Waals surface area (Å²) in [4.78, 5) is 0. The lowest BCUT2D eigenvalue weighted by molar-refractivity contribution is 0.304. The highest BCUT2D eigenvalue weighted by Gasteiger charge is 2.45. The highest BCUT2D eigenvalue weighted by atomic mass is 28.3. The first-order valence-corrected chi connectivity index (χ1v) is 31.1. The molecular formula is C69H92OSi. The van der Waals surface area contributed by atoms with Gasteiger partial charge >= 0.3 is 0 Å². The van der Waals surface area contributed by atoms with Gasteiger partial charge in [-0.3, -0.25) is 0 Å². The SMILES string of the molecule is CCCCCCCCOc1ccc(-c2c(C)c(C)c(-c3ccc4c(c3)[Si](CCCCCCCC)(CCCCCCCC)c3cc(-c5c(C)c(C)c(-c6ccc(C)cc6)c(C)c5C)ccc3-4)c(C)c2C)cc1.